The third-order valence-corrected chi connectivity index (χ3v) is 5.58. The van der Waals surface area contributed by atoms with E-state index >= 15 is 0 Å². The molecule has 0 spiro atoms. The molecule has 0 atom stereocenters. The minimum atomic E-state index is -4.50. The summed E-state index contributed by atoms with van der Waals surface area (Å²) in [5.74, 6) is 0. The van der Waals surface area contributed by atoms with E-state index < -0.39 is 11.7 Å². The van der Waals surface area contributed by atoms with Gasteiger partial charge in [0.15, 0.2) is 0 Å². The predicted octanol–water partition coefficient (Wildman–Crippen LogP) is 7.56. The normalized spacial score (nSPS) is 11.9. The highest BCUT2D eigenvalue weighted by molar-refractivity contribution is 7.11. The van der Waals surface area contributed by atoms with E-state index in [9.17, 15) is 18.4 Å². The molecule has 0 aliphatic carbocycles. The lowest BCUT2D eigenvalue weighted by Gasteiger charge is -2.09. The molecule has 1 aromatic heterocycles. The minimum Gasteiger partial charge on any atom is -0.235 e. The van der Waals surface area contributed by atoms with Crippen LogP contribution in [0.25, 0.3) is 34.0 Å². The quantitative estimate of drug-likeness (QED) is 0.312. The van der Waals surface area contributed by atoms with Gasteiger partial charge in [0.05, 0.1) is 16.8 Å². The molecule has 0 radical (unpaired) electrons. The molecule has 0 aliphatic heterocycles. The lowest BCUT2D eigenvalue weighted by molar-refractivity contribution is -0.137. The largest absolute Gasteiger partial charge is 0.416 e. The molecule has 4 aromatic rings. The molecule has 152 valence electrons. The predicted molar refractivity (Wildman–Crippen MR) is 118 cm³/mol. The maximum absolute atomic E-state index is 13.3. The number of alkyl halides is 3. The van der Waals surface area contributed by atoms with E-state index in [0.717, 1.165) is 22.8 Å². The van der Waals surface area contributed by atoms with Crippen molar-refractivity contribution in [2.75, 3.05) is 0 Å². The molecular formula is C25H15F3N2S. The van der Waals surface area contributed by atoms with Crippen LogP contribution in [0, 0.1) is 11.3 Å². The van der Waals surface area contributed by atoms with E-state index in [0.29, 0.717) is 10.7 Å². The van der Waals surface area contributed by atoms with E-state index in [4.69, 9.17) is 0 Å². The number of aromatic nitrogens is 1. The molecule has 1 heterocycles. The number of rotatable bonds is 4. The van der Waals surface area contributed by atoms with Crippen LogP contribution in [0.4, 0.5) is 13.2 Å². The van der Waals surface area contributed by atoms with Gasteiger partial charge in [0.25, 0.3) is 0 Å². The Labute approximate surface area is 181 Å². The zero-order valence-electron chi connectivity index (χ0n) is 16.1. The van der Waals surface area contributed by atoms with Crippen molar-refractivity contribution < 1.29 is 13.2 Å². The summed E-state index contributed by atoms with van der Waals surface area (Å²) in [6.07, 6.45) is -3.26. The van der Waals surface area contributed by atoms with Crippen molar-refractivity contribution in [2.45, 2.75) is 6.18 Å². The highest BCUT2D eigenvalue weighted by atomic mass is 32.1. The van der Waals surface area contributed by atoms with E-state index in [2.05, 4.69) is 4.98 Å². The Kier molecular flexibility index (Phi) is 5.70. The number of thiazole rings is 1. The molecule has 0 unspecified atom stereocenters. The zero-order valence-corrected chi connectivity index (χ0v) is 16.9. The Bertz CT molecular complexity index is 1260. The molecule has 3 aromatic carbocycles. The second kappa shape index (κ2) is 8.58. The first-order chi connectivity index (χ1) is 15.0. The summed E-state index contributed by atoms with van der Waals surface area (Å²) >= 11 is 1.23. The maximum atomic E-state index is 13.3. The van der Waals surface area contributed by atoms with E-state index in [1.807, 2.05) is 60.7 Å². The molecular weight excluding hydrogens is 417 g/mol. The first-order valence-corrected chi connectivity index (χ1v) is 10.2. The van der Waals surface area contributed by atoms with Crippen molar-refractivity contribution in [3.05, 3.63) is 100 Å². The average molecular weight is 432 g/mol. The molecule has 6 heteroatoms. The highest BCUT2D eigenvalue weighted by Gasteiger charge is 2.32. The second-order valence-electron chi connectivity index (χ2n) is 6.74. The van der Waals surface area contributed by atoms with Gasteiger partial charge in [0.1, 0.15) is 11.1 Å². The number of nitriles is 1. The van der Waals surface area contributed by atoms with Crippen LogP contribution in [0.2, 0.25) is 0 Å². The fourth-order valence-corrected chi connectivity index (χ4v) is 3.97. The Hall–Kier alpha value is -3.69. The van der Waals surface area contributed by atoms with Crippen molar-refractivity contribution >= 4 is 23.0 Å². The summed E-state index contributed by atoms with van der Waals surface area (Å²) in [5.41, 5.74) is 2.97. The van der Waals surface area contributed by atoms with Crippen molar-refractivity contribution in [3.8, 4) is 28.5 Å². The molecule has 0 bridgehead atoms. The van der Waals surface area contributed by atoms with E-state index in [1.54, 1.807) is 5.38 Å². The monoisotopic (exact) mass is 432 g/mol. The molecule has 2 nitrogen and oxygen atoms in total. The standard InChI is InChI=1S/C25H15F3N2S/c26-25(27,28)22-9-5-4-8-20(22)14-21(15-29)24-30-23(16-31-24)19-12-10-18(11-13-19)17-6-2-1-3-7-17/h1-14,16H/b21-14-. The molecule has 4 rings (SSSR count). The van der Waals surface area contributed by atoms with Gasteiger partial charge in [-0.15, -0.1) is 11.3 Å². The Morgan fingerprint density at radius 3 is 2.13 bits per heavy atom. The third-order valence-electron chi connectivity index (χ3n) is 4.71. The molecule has 0 fully saturated rings. The van der Waals surface area contributed by atoms with Gasteiger partial charge in [-0.25, -0.2) is 4.98 Å². The van der Waals surface area contributed by atoms with Crippen molar-refractivity contribution in [2.24, 2.45) is 0 Å². The van der Waals surface area contributed by atoms with Gasteiger partial charge in [-0.2, -0.15) is 18.4 Å². The van der Waals surface area contributed by atoms with Gasteiger partial charge < -0.3 is 0 Å². The number of hydrogen-bond acceptors (Lipinski definition) is 3. The topological polar surface area (TPSA) is 36.7 Å². The molecule has 0 amide bonds. The average Bonchev–Trinajstić information content (AvgIpc) is 3.28. The van der Waals surface area contributed by atoms with Crippen molar-refractivity contribution in [3.63, 3.8) is 0 Å². The summed E-state index contributed by atoms with van der Waals surface area (Å²) in [4.78, 5) is 4.49. The number of benzene rings is 3. The van der Waals surface area contributed by atoms with Gasteiger partial charge in [-0.3, -0.25) is 0 Å². The fraction of sp³-hybridized carbons (Fsp3) is 0.0400. The SMILES string of the molecule is N#C/C(=C/c1ccccc1C(F)(F)F)c1nc(-c2ccc(-c3ccccc3)cc2)cs1. The van der Waals surface area contributed by atoms with E-state index in [1.165, 1.54) is 35.6 Å². The van der Waals surface area contributed by atoms with Crippen LogP contribution in [0.3, 0.4) is 0 Å². The van der Waals surface area contributed by atoms with Crippen LogP contribution in [-0.4, -0.2) is 4.98 Å². The zero-order chi connectivity index (χ0) is 21.8. The van der Waals surface area contributed by atoms with Gasteiger partial charge in [-0.05, 0) is 28.8 Å². The summed E-state index contributed by atoms with van der Waals surface area (Å²) in [6.45, 7) is 0. The van der Waals surface area contributed by atoms with Gasteiger partial charge in [0, 0.05) is 10.9 Å². The number of nitrogens with zero attached hydrogens (tertiary/aromatic N) is 2. The molecule has 0 N–H and O–H groups in total. The molecule has 0 saturated carbocycles. The van der Waals surface area contributed by atoms with Gasteiger partial charge in [0.2, 0.25) is 0 Å². The van der Waals surface area contributed by atoms with Crippen molar-refractivity contribution in [1.82, 2.24) is 4.98 Å². The fourth-order valence-electron chi connectivity index (χ4n) is 3.17. The Balaban J connectivity index is 1.64. The first kappa shape index (κ1) is 20.6. The lowest BCUT2D eigenvalue weighted by atomic mass is 10.0. The minimum absolute atomic E-state index is 0.0597. The molecule has 0 saturated heterocycles. The highest BCUT2D eigenvalue weighted by Crippen LogP contribution is 2.34. The van der Waals surface area contributed by atoms with Crippen LogP contribution in [0.1, 0.15) is 16.1 Å². The second-order valence-corrected chi connectivity index (χ2v) is 7.59. The molecule has 31 heavy (non-hydrogen) atoms. The van der Waals surface area contributed by atoms with Crippen LogP contribution in [0.15, 0.2) is 84.2 Å². The van der Waals surface area contributed by atoms with Gasteiger partial charge in [-0.1, -0.05) is 72.8 Å². The number of hydrogen-bond donors (Lipinski definition) is 0. The van der Waals surface area contributed by atoms with E-state index in [-0.39, 0.29) is 11.1 Å². The summed E-state index contributed by atoms with van der Waals surface area (Å²) in [5, 5.41) is 11.7. The maximum Gasteiger partial charge on any atom is 0.416 e. The number of halogens is 3. The Morgan fingerprint density at radius 2 is 1.45 bits per heavy atom. The lowest BCUT2D eigenvalue weighted by Crippen LogP contribution is -2.07. The third kappa shape index (κ3) is 4.57. The van der Waals surface area contributed by atoms with Crippen LogP contribution >= 0.6 is 11.3 Å². The van der Waals surface area contributed by atoms with Crippen molar-refractivity contribution in [1.29, 1.82) is 5.26 Å². The first-order valence-electron chi connectivity index (χ1n) is 9.35. The van der Waals surface area contributed by atoms with Crippen LogP contribution in [0.5, 0.6) is 0 Å². The summed E-state index contributed by atoms with van der Waals surface area (Å²) in [6, 6.07) is 25.0. The van der Waals surface area contributed by atoms with Crippen LogP contribution < -0.4 is 0 Å². The molecule has 0 aliphatic rings. The summed E-state index contributed by atoms with van der Waals surface area (Å²) < 4.78 is 39.8. The van der Waals surface area contributed by atoms with Crippen LogP contribution in [-0.2, 0) is 6.18 Å². The smallest absolute Gasteiger partial charge is 0.235 e. The number of allylic oxidation sites excluding steroid dienone is 1. The summed E-state index contributed by atoms with van der Waals surface area (Å²) in [7, 11) is 0. The Morgan fingerprint density at radius 1 is 0.839 bits per heavy atom. The van der Waals surface area contributed by atoms with Gasteiger partial charge >= 0.3 is 6.18 Å².